The van der Waals surface area contributed by atoms with E-state index in [-0.39, 0.29) is 0 Å². The van der Waals surface area contributed by atoms with Gasteiger partial charge in [0.2, 0.25) is 0 Å². The van der Waals surface area contributed by atoms with Gasteiger partial charge in [0.25, 0.3) is 0 Å². The van der Waals surface area contributed by atoms with Crippen LogP contribution in [0.3, 0.4) is 0 Å². The first-order valence-corrected chi connectivity index (χ1v) is 6.96. The van der Waals surface area contributed by atoms with Crippen molar-refractivity contribution in [2.75, 3.05) is 26.9 Å². The fraction of sp³-hybridized carbons (Fsp3) is 0.600. The second-order valence-corrected chi connectivity index (χ2v) is 5.06. The van der Waals surface area contributed by atoms with Crippen LogP contribution in [0.2, 0.25) is 0 Å². The first-order chi connectivity index (χ1) is 9.29. The van der Waals surface area contributed by atoms with Crippen LogP contribution in [-0.2, 0) is 11.3 Å². The van der Waals surface area contributed by atoms with E-state index in [0.29, 0.717) is 12.1 Å². The zero-order valence-electron chi connectivity index (χ0n) is 11.8. The van der Waals surface area contributed by atoms with E-state index in [0.717, 1.165) is 38.5 Å². The second-order valence-electron chi connectivity index (χ2n) is 5.06. The molecule has 2 N–H and O–H groups in total. The van der Waals surface area contributed by atoms with E-state index in [2.05, 4.69) is 23.6 Å². The van der Waals surface area contributed by atoms with Crippen molar-refractivity contribution in [1.29, 1.82) is 0 Å². The molecule has 1 fully saturated rings. The fourth-order valence-corrected chi connectivity index (χ4v) is 2.41. The molecule has 0 spiro atoms. The van der Waals surface area contributed by atoms with Crippen molar-refractivity contribution >= 4 is 0 Å². The van der Waals surface area contributed by atoms with E-state index in [1.54, 1.807) is 7.11 Å². The molecule has 1 aliphatic heterocycles. The van der Waals surface area contributed by atoms with Gasteiger partial charge in [-0.15, -0.1) is 0 Å². The Labute approximate surface area is 115 Å². The Kier molecular flexibility index (Phi) is 5.63. The Hall–Kier alpha value is -1.10. The van der Waals surface area contributed by atoms with Crippen LogP contribution in [0.4, 0.5) is 0 Å². The van der Waals surface area contributed by atoms with Gasteiger partial charge < -0.3 is 20.1 Å². The standard InChI is InChI=1S/C15H24N2O2/c1-12(9-14-11-19-8-7-16-14)17-10-13-5-3-4-6-15(13)18-2/h3-6,12,14,16-17H,7-11H2,1-2H3. The van der Waals surface area contributed by atoms with Gasteiger partial charge in [-0.2, -0.15) is 0 Å². The predicted molar refractivity (Wildman–Crippen MR) is 76.5 cm³/mol. The molecule has 4 heteroatoms. The van der Waals surface area contributed by atoms with Gasteiger partial charge in [0.15, 0.2) is 0 Å². The lowest BCUT2D eigenvalue weighted by molar-refractivity contribution is 0.0712. The number of para-hydroxylation sites is 1. The largest absolute Gasteiger partial charge is 0.496 e. The van der Waals surface area contributed by atoms with Crippen molar-refractivity contribution in [3.8, 4) is 5.75 Å². The molecule has 0 bridgehead atoms. The van der Waals surface area contributed by atoms with E-state index in [4.69, 9.17) is 9.47 Å². The molecule has 0 saturated carbocycles. The van der Waals surface area contributed by atoms with E-state index in [9.17, 15) is 0 Å². The van der Waals surface area contributed by atoms with Crippen LogP contribution in [0.5, 0.6) is 5.75 Å². The summed E-state index contributed by atoms with van der Waals surface area (Å²) in [4.78, 5) is 0. The number of hydrogen-bond donors (Lipinski definition) is 2. The Morgan fingerprint density at radius 1 is 1.47 bits per heavy atom. The van der Waals surface area contributed by atoms with E-state index in [1.165, 1.54) is 5.56 Å². The maximum absolute atomic E-state index is 5.47. The molecule has 0 radical (unpaired) electrons. The zero-order valence-corrected chi connectivity index (χ0v) is 11.8. The maximum Gasteiger partial charge on any atom is 0.123 e. The topological polar surface area (TPSA) is 42.5 Å². The van der Waals surface area contributed by atoms with Gasteiger partial charge in [-0.1, -0.05) is 18.2 Å². The van der Waals surface area contributed by atoms with Crippen LogP contribution in [0.15, 0.2) is 24.3 Å². The molecule has 2 rings (SSSR count). The van der Waals surface area contributed by atoms with Crippen molar-refractivity contribution < 1.29 is 9.47 Å². The molecule has 106 valence electrons. The molecule has 1 saturated heterocycles. The monoisotopic (exact) mass is 264 g/mol. The van der Waals surface area contributed by atoms with Crippen molar-refractivity contribution in [3.05, 3.63) is 29.8 Å². The molecule has 19 heavy (non-hydrogen) atoms. The summed E-state index contributed by atoms with van der Waals surface area (Å²) in [6.45, 7) is 5.66. The predicted octanol–water partition coefficient (Wildman–Crippen LogP) is 1.55. The van der Waals surface area contributed by atoms with Crippen molar-refractivity contribution in [2.45, 2.75) is 32.0 Å². The summed E-state index contributed by atoms with van der Waals surface area (Å²) in [7, 11) is 1.71. The third-order valence-electron chi connectivity index (χ3n) is 3.47. The Bertz CT molecular complexity index is 378. The zero-order chi connectivity index (χ0) is 13.5. The van der Waals surface area contributed by atoms with Gasteiger partial charge in [-0.05, 0) is 19.4 Å². The summed E-state index contributed by atoms with van der Waals surface area (Å²) in [5.74, 6) is 0.946. The molecule has 1 aliphatic rings. The average Bonchev–Trinajstić information content (AvgIpc) is 2.46. The molecular weight excluding hydrogens is 240 g/mol. The lowest BCUT2D eigenvalue weighted by atomic mass is 10.1. The highest BCUT2D eigenvalue weighted by molar-refractivity contribution is 5.32. The first-order valence-electron chi connectivity index (χ1n) is 6.96. The average molecular weight is 264 g/mol. The van der Waals surface area contributed by atoms with Gasteiger partial charge in [0.05, 0.1) is 20.3 Å². The number of methoxy groups -OCH3 is 1. The summed E-state index contributed by atoms with van der Waals surface area (Å²) >= 11 is 0. The molecule has 0 amide bonds. The Balaban J connectivity index is 1.77. The number of ether oxygens (including phenoxy) is 2. The van der Waals surface area contributed by atoms with Gasteiger partial charge in [-0.3, -0.25) is 0 Å². The van der Waals surface area contributed by atoms with E-state index in [1.807, 2.05) is 18.2 Å². The number of morpholine rings is 1. The maximum atomic E-state index is 5.47. The van der Waals surface area contributed by atoms with Crippen LogP contribution in [0.1, 0.15) is 18.9 Å². The van der Waals surface area contributed by atoms with Crippen LogP contribution in [-0.4, -0.2) is 39.0 Å². The minimum absolute atomic E-state index is 0.448. The van der Waals surface area contributed by atoms with E-state index < -0.39 is 0 Å². The highest BCUT2D eigenvalue weighted by Gasteiger charge is 2.16. The number of rotatable bonds is 6. The fourth-order valence-electron chi connectivity index (χ4n) is 2.41. The van der Waals surface area contributed by atoms with Crippen molar-refractivity contribution in [2.24, 2.45) is 0 Å². The van der Waals surface area contributed by atoms with Gasteiger partial charge in [0, 0.05) is 30.7 Å². The molecule has 0 aliphatic carbocycles. The second kappa shape index (κ2) is 7.48. The van der Waals surface area contributed by atoms with Crippen molar-refractivity contribution in [3.63, 3.8) is 0 Å². The first kappa shape index (κ1) is 14.3. The van der Waals surface area contributed by atoms with Crippen LogP contribution >= 0.6 is 0 Å². The molecule has 2 atom stereocenters. The molecule has 0 aromatic heterocycles. The molecule has 4 nitrogen and oxygen atoms in total. The normalized spacial score (nSPS) is 21.1. The molecular formula is C15H24N2O2. The SMILES string of the molecule is COc1ccccc1CNC(C)CC1COCCN1. The smallest absolute Gasteiger partial charge is 0.123 e. The molecule has 2 unspecified atom stereocenters. The lowest BCUT2D eigenvalue weighted by Crippen LogP contribution is -2.44. The lowest BCUT2D eigenvalue weighted by Gasteiger charge is -2.26. The Morgan fingerprint density at radius 2 is 2.32 bits per heavy atom. The third kappa shape index (κ3) is 4.49. The molecule has 1 aromatic rings. The highest BCUT2D eigenvalue weighted by atomic mass is 16.5. The minimum atomic E-state index is 0.448. The Morgan fingerprint density at radius 3 is 3.05 bits per heavy atom. The minimum Gasteiger partial charge on any atom is -0.496 e. The number of hydrogen-bond acceptors (Lipinski definition) is 4. The van der Waals surface area contributed by atoms with E-state index >= 15 is 0 Å². The van der Waals surface area contributed by atoms with Crippen LogP contribution < -0.4 is 15.4 Å². The number of benzene rings is 1. The summed E-state index contributed by atoms with van der Waals surface area (Å²) in [5.41, 5.74) is 1.20. The van der Waals surface area contributed by atoms with Gasteiger partial charge in [-0.25, -0.2) is 0 Å². The molecule has 1 aromatic carbocycles. The highest BCUT2D eigenvalue weighted by Crippen LogP contribution is 2.17. The summed E-state index contributed by atoms with van der Waals surface area (Å²) in [5, 5.41) is 7.03. The quantitative estimate of drug-likeness (QED) is 0.818. The molecule has 1 heterocycles. The van der Waals surface area contributed by atoms with Gasteiger partial charge in [0.1, 0.15) is 5.75 Å². The van der Waals surface area contributed by atoms with Crippen LogP contribution in [0.25, 0.3) is 0 Å². The summed E-state index contributed by atoms with van der Waals surface area (Å²) in [6, 6.07) is 9.05. The van der Waals surface area contributed by atoms with Crippen molar-refractivity contribution in [1.82, 2.24) is 10.6 Å². The van der Waals surface area contributed by atoms with Gasteiger partial charge >= 0.3 is 0 Å². The summed E-state index contributed by atoms with van der Waals surface area (Å²) in [6.07, 6.45) is 1.08. The number of nitrogens with one attached hydrogen (secondary N) is 2. The van der Waals surface area contributed by atoms with Crippen LogP contribution in [0, 0.1) is 0 Å². The third-order valence-corrected chi connectivity index (χ3v) is 3.47. The summed E-state index contributed by atoms with van der Waals surface area (Å²) < 4.78 is 10.8.